The number of methoxy groups -OCH3 is 1. The molecule has 7 nitrogen and oxygen atoms in total. The molecule has 3 aromatic rings. The number of carbonyl (C=O) groups is 3. The lowest BCUT2D eigenvalue weighted by molar-refractivity contribution is -0.151. The molecular formula is C28H27NO6. The van der Waals surface area contributed by atoms with E-state index in [9.17, 15) is 14.4 Å². The van der Waals surface area contributed by atoms with Gasteiger partial charge in [-0.1, -0.05) is 49.4 Å². The molecule has 3 aromatic carbocycles. The Kier molecular flexibility index (Phi) is 7.45. The second kappa shape index (κ2) is 10.9. The first-order valence-corrected chi connectivity index (χ1v) is 11.5. The third kappa shape index (κ3) is 5.51. The zero-order valence-corrected chi connectivity index (χ0v) is 19.7. The maximum Gasteiger partial charge on any atom is 0.312 e. The van der Waals surface area contributed by atoms with E-state index in [4.69, 9.17) is 14.2 Å². The number of carbonyl (C=O) groups excluding carboxylic acids is 3. The summed E-state index contributed by atoms with van der Waals surface area (Å²) in [5.41, 5.74) is 1.15. The first-order valence-electron chi connectivity index (χ1n) is 11.5. The summed E-state index contributed by atoms with van der Waals surface area (Å²) in [6.45, 7) is 1.99. The SMILES string of the molecule is CC[C@@H](OC(=O)[C@@H]1CC(=O)N(c2ccc(Oc3ccccc3OC)cc2)C1)C(=O)c1ccccc1. The molecule has 2 atom stereocenters. The highest BCUT2D eigenvalue weighted by atomic mass is 16.5. The summed E-state index contributed by atoms with van der Waals surface area (Å²) in [7, 11) is 1.58. The average molecular weight is 474 g/mol. The van der Waals surface area contributed by atoms with Gasteiger partial charge in [0.25, 0.3) is 0 Å². The minimum absolute atomic E-state index is 0.0360. The molecule has 1 aliphatic rings. The van der Waals surface area contributed by atoms with Gasteiger partial charge in [-0.15, -0.1) is 0 Å². The van der Waals surface area contributed by atoms with E-state index in [-0.39, 0.29) is 24.7 Å². The summed E-state index contributed by atoms with van der Waals surface area (Å²) in [5, 5.41) is 0. The number of anilines is 1. The van der Waals surface area contributed by atoms with Crippen molar-refractivity contribution in [2.45, 2.75) is 25.9 Å². The summed E-state index contributed by atoms with van der Waals surface area (Å²) in [6.07, 6.45) is -0.480. The molecule has 0 N–H and O–H groups in total. The van der Waals surface area contributed by atoms with E-state index in [0.29, 0.717) is 34.9 Å². The van der Waals surface area contributed by atoms with Crippen molar-refractivity contribution in [2.75, 3.05) is 18.6 Å². The molecule has 35 heavy (non-hydrogen) atoms. The predicted octanol–water partition coefficient (Wildman–Crippen LogP) is 5.05. The fourth-order valence-corrected chi connectivity index (χ4v) is 3.99. The van der Waals surface area contributed by atoms with Crippen LogP contribution in [0.2, 0.25) is 0 Å². The van der Waals surface area contributed by atoms with Crippen LogP contribution in [-0.2, 0) is 14.3 Å². The van der Waals surface area contributed by atoms with Gasteiger partial charge in [-0.05, 0) is 42.8 Å². The minimum Gasteiger partial charge on any atom is -0.493 e. The number of ketones is 1. The van der Waals surface area contributed by atoms with Crippen molar-refractivity contribution < 1.29 is 28.6 Å². The third-order valence-electron chi connectivity index (χ3n) is 5.88. The predicted molar refractivity (Wildman–Crippen MR) is 131 cm³/mol. The number of nitrogens with zero attached hydrogens (tertiary/aromatic N) is 1. The Bertz CT molecular complexity index is 1190. The molecule has 1 aliphatic heterocycles. The van der Waals surface area contributed by atoms with Crippen LogP contribution in [0.1, 0.15) is 30.1 Å². The molecule has 0 bridgehead atoms. The second-order valence-corrected chi connectivity index (χ2v) is 8.22. The van der Waals surface area contributed by atoms with Crippen LogP contribution in [0.4, 0.5) is 5.69 Å². The van der Waals surface area contributed by atoms with Crippen molar-refractivity contribution in [3.63, 3.8) is 0 Å². The number of para-hydroxylation sites is 2. The van der Waals surface area contributed by atoms with Crippen LogP contribution in [0, 0.1) is 5.92 Å². The van der Waals surface area contributed by atoms with Crippen molar-refractivity contribution >= 4 is 23.3 Å². The molecule has 0 aromatic heterocycles. The van der Waals surface area contributed by atoms with Crippen molar-refractivity contribution in [3.05, 3.63) is 84.4 Å². The van der Waals surface area contributed by atoms with Gasteiger partial charge in [0.15, 0.2) is 17.6 Å². The van der Waals surface area contributed by atoms with E-state index in [1.165, 1.54) is 0 Å². The van der Waals surface area contributed by atoms with Crippen molar-refractivity contribution in [2.24, 2.45) is 5.92 Å². The minimum atomic E-state index is -0.875. The van der Waals surface area contributed by atoms with Crippen molar-refractivity contribution in [1.29, 1.82) is 0 Å². The number of rotatable bonds is 9. The van der Waals surface area contributed by atoms with Crippen LogP contribution in [0.15, 0.2) is 78.9 Å². The lowest BCUT2D eigenvalue weighted by atomic mass is 10.0. The molecule has 1 heterocycles. The number of Topliss-reactive ketones (excluding diaryl/α,β-unsaturated/α-hetero) is 1. The van der Waals surface area contributed by atoms with E-state index >= 15 is 0 Å². The Balaban J connectivity index is 1.39. The average Bonchev–Trinajstić information content (AvgIpc) is 3.29. The topological polar surface area (TPSA) is 82.1 Å². The van der Waals surface area contributed by atoms with E-state index in [1.807, 2.05) is 24.3 Å². The lowest BCUT2D eigenvalue weighted by Gasteiger charge is -2.19. The summed E-state index contributed by atoms with van der Waals surface area (Å²) in [5.74, 6) is 0.201. The van der Waals surface area contributed by atoms with E-state index < -0.39 is 18.0 Å². The molecule has 4 rings (SSSR count). The highest BCUT2D eigenvalue weighted by molar-refractivity contribution is 6.02. The lowest BCUT2D eigenvalue weighted by Crippen LogP contribution is -2.31. The Labute approximate surface area is 204 Å². The van der Waals surface area contributed by atoms with Crippen LogP contribution in [-0.4, -0.2) is 37.4 Å². The maximum absolute atomic E-state index is 12.8. The van der Waals surface area contributed by atoms with E-state index in [0.717, 1.165) is 0 Å². The van der Waals surface area contributed by atoms with Gasteiger partial charge in [-0.3, -0.25) is 14.4 Å². The number of amides is 1. The summed E-state index contributed by atoms with van der Waals surface area (Å²) in [4.78, 5) is 39.7. The Morgan fingerprint density at radius 1 is 0.943 bits per heavy atom. The van der Waals surface area contributed by atoms with Crippen LogP contribution in [0.5, 0.6) is 17.2 Å². The van der Waals surface area contributed by atoms with Crippen LogP contribution in [0.3, 0.4) is 0 Å². The van der Waals surface area contributed by atoms with Crippen LogP contribution < -0.4 is 14.4 Å². The zero-order chi connectivity index (χ0) is 24.8. The standard InChI is InChI=1S/C28H27NO6/c1-3-23(27(31)19-9-5-4-6-10-19)35-28(32)20-17-26(30)29(18-20)21-13-15-22(16-14-21)34-25-12-8-7-11-24(25)33-2/h4-16,20,23H,3,17-18H2,1-2H3/t20-,23-/m1/s1. The first-order chi connectivity index (χ1) is 17.0. The molecular weight excluding hydrogens is 446 g/mol. The van der Waals surface area contributed by atoms with Crippen LogP contribution in [0.25, 0.3) is 0 Å². The quantitative estimate of drug-likeness (QED) is 0.320. The van der Waals surface area contributed by atoms with Gasteiger partial charge in [-0.25, -0.2) is 0 Å². The van der Waals surface area contributed by atoms with Crippen molar-refractivity contribution in [1.82, 2.24) is 0 Å². The molecule has 180 valence electrons. The fraction of sp³-hybridized carbons (Fsp3) is 0.250. The highest BCUT2D eigenvalue weighted by Crippen LogP contribution is 2.33. The number of benzene rings is 3. The molecule has 1 amide bonds. The molecule has 0 aliphatic carbocycles. The maximum atomic E-state index is 12.8. The Morgan fingerprint density at radius 2 is 1.60 bits per heavy atom. The fourth-order valence-electron chi connectivity index (χ4n) is 3.99. The summed E-state index contributed by atoms with van der Waals surface area (Å²) in [6, 6.07) is 23.1. The van der Waals surface area contributed by atoms with E-state index in [2.05, 4.69) is 0 Å². The van der Waals surface area contributed by atoms with Gasteiger partial charge >= 0.3 is 5.97 Å². The molecule has 1 saturated heterocycles. The Hall–Kier alpha value is -4.13. The highest BCUT2D eigenvalue weighted by Gasteiger charge is 2.37. The normalized spacial score (nSPS) is 16.0. The zero-order valence-electron chi connectivity index (χ0n) is 19.7. The number of hydrogen-bond donors (Lipinski definition) is 0. The molecule has 0 spiro atoms. The summed E-state index contributed by atoms with van der Waals surface area (Å²) >= 11 is 0. The van der Waals surface area contributed by atoms with Crippen molar-refractivity contribution in [3.8, 4) is 17.2 Å². The van der Waals surface area contributed by atoms with Gasteiger partial charge in [0.1, 0.15) is 5.75 Å². The van der Waals surface area contributed by atoms with Gasteiger partial charge in [-0.2, -0.15) is 0 Å². The van der Waals surface area contributed by atoms with Gasteiger partial charge in [0, 0.05) is 24.2 Å². The largest absolute Gasteiger partial charge is 0.493 e. The molecule has 0 unspecified atom stereocenters. The number of ether oxygens (including phenoxy) is 3. The van der Waals surface area contributed by atoms with E-state index in [1.54, 1.807) is 73.5 Å². The Morgan fingerprint density at radius 3 is 2.26 bits per heavy atom. The van der Waals surface area contributed by atoms with Gasteiger partial charge < -0.3 is 19.1 Å². The third-order valence-corrected chi connectivity index (χ3v) is 5.88. The number of esters is 1. The smallest absolute Gasteiger partial charge is 0.312 e. The molecule has 1 fully saturated rings. The summed E-state index contributed by atoms with van der Waals surface area (Å²) < 4.78 is 16.7. The second-order valence-electron chi connectivity index (χ2n) is 8.22. The monoisotopic (exact) mass is 473 g/mol. The first kappa shape index (κ1) is 24.0. The van der Waals surface area contributed by atoms with Gasteiger partial charge in [0.05, 0.1) is 13.0 Å². The molecule has 7 heteroatoms. The van der Waals surface area contributed by atoms with Gasteiger partial charge in [0.2, 0.25) is 11.7 Å². The molecule has 0 radical (unpaired) electrons. The number of hydrogen-bond acceptors (Lipinski definition) is 6. The molecule has 0 saturated carbocycles. The van der Waals surface area contributed by atoms with Crippen LogP contribution >= 0.6 is 0 Å².